The molecule has 0 spiro atoms. The molecule has 0 aliphatic carbocycles. The zero-order chi connectivity index (χ0) is 11.4. The summed E-state index contributed by atoms with van der Waals surface area (Å²) in [6.07, 6.45) is 3.74. The molecule has 0 amide bonds. The van der Waals surface area contributed by atoms with Gasteiger partial charge < -0.3 is 9.47 Å². The summed E-state index contributed by atoms with van der Waals surface area (Å²) >= 11 is 0. The maximum absolute atomic E-state index is 4.59. The zero-order valence-electron chi connectivity index (χ0n) is 10.7. The van der Waals surface area contributed by atoms with Crippen molar-refractivity contribution >= 4 is 5.82 Å². The van der Waals surface area contributed by atoms with Gasteiger partial charge >= 0.3 is 0 Å². The van der Waals surface area contributed by atoms with E-state index in [0.29, 0.717) is 0 Å². The molecule has 15 heavy (non-hydrogen) atoms. The number of aromatic nitrogens is 2. The number of imidazole rings is 1. The van der Waals surface area contributed by atoms with Crippen molar-refractivity contribution in [3.8, 4) is 0 Å². The monoisotopic (exact) mass is 209 g/mol. The van der Waals surface area contributed by atoms with Gasteiger partial charge in [-0.05, 0) is 19.8 Å². The van der Waals surface area contributed by atoms with Crippen LogP contribution in [0.5, 0.6) is 0 Å². The highest BCUT2D eigenvalue weighted by atomic mass is 15.3. The maximum atomic E-state index is 4.59. The second kappa shape index (κ2) is 5.19. The van der Waals surface area contributed by atoms with E-state index in [1.807, 2.05) is 13.8 Å². The minimum atomic E-state index is 1.14. The molecule has 1 aliphatic heterocycles. The van der Waals surface area contributed by atoms with Gasteiger partial charge in [-0.2, -0.15) is 0 Å². The van der Waals surface area contributed by atoms with Gasteiger partial charge in [0.2, 0.25) is 0 Å². The first-order valence-electron chi connectivity index (χ1n) is 5.93. The van der Waals surface area contributed by atoms with Gasteiger partial charge in [0.15, 0.2) is 0 Å². The molecule has 0 unspecified atom stereocenters. The average molecular weight is 209 g/mol. The number of rotatable bonds is 1. The lowest BCUT2D eigenvalue weighted by Gasteiger charge is -2.20. The van der Waals surface area contributed by atoms with Crippen molar-refractivity contribution in [1.82, 2.24) is 9.55 Å². The lowest BCUT2D eigenvalue weighted by Crippen LogP contribution is -2.18. The number of fused-ring (bicyclic) bond motifs is 1. The van der Waals surface area contributed by atoms with Crippen LogP contribution in [-0.4, -0.2) is 23.6 Å². The quantitative estimate of drug-likeness (QED) is 0.709. The first-order chi connectivity index (χ1) is 7.20. The van der Waals surface area contributed by atoms with Gasteiger partial charge in [0.1, 0.15) is 11.6 Å². The SMILES string of the molecule is CC.Cc1nc2n(c1N(C)C)CCCC2. The van der Waals surface area contributed by atoms with Crippen LogP contribution in [0.1, 0.15) is 38.2 Å². The molecule has 0 bridgehead atoms. The number of anilines is 1. The lowest BCUT2D eigenvalue weighted by atomic mass is 10.2. The molecule has 0 atom stereocenters. The Bertz CT molecular complexity index is 313. The van der Waals surface area contributed by atoms with Crippen molar-refractivity contribution in [1.29, 1.82) is 0 Å². The predicted octanol–water partition coefficient (Wildman–Crippen LogP) is 2.62. The van der Waals surface area contributed by atoms with Crippen LogP contribution in [0.25, 0.3) is 0 Å². The van der Waals surface area contributed by atoms with E-state index in [2.05, 4.69) is 35.5 Å². The van der Waals surface area contributed by atoms with Gasteiger partial charge in [-0.25, -0.2) is 4.98 Å². The highest BCUT2D eigenvalue weighted by molar-refractivity contribution is 5.44. The molecule has 3 nitrogen and oxygen atoms in total. The summed E-state index contributed by atoms with van der Waals surface area (Å²) in [5, 5.41) is 0. The molecular formula is C12H23N3. The standard InChI is InChI=1S/C10H17N3.C2H6/c1-8-10(12(2)3)13-7-5-4-6-9(13)11-8;1-2/h4-7H2,1-3H3;1-2H3. The Hall–Kier alpha value is -0.990. The van der Waals surface area contributed by atoms with Crippen LogP contribution in [0, 0.1) is 6.92 Å². The van der Waals surface area contributed by atoms with Gasteiger partial charge in [0.05, 0.1) is 5.69 Å². The van der Waals surface area contributed by atoms with E-state index in [9.17, 15) is 0 Å². The minimum Gasteiger partial charge on any atom is -0.363 e. The molecule has 1 aromatic rings. The molecular weight excluding hydrogens is 186 g/mol. The van der Waals surface area contributed by atoms with Crippen molar-refractivity contribution in [3.05, 3.63) is 11.5 Å². The van der Waals surface area contributed by atoms with Gasteiger partial charge in [-0.1, -0.05) is 13.8 Å². The molecule has 0 saturated carbocycles. The third-order valence-electron chi connectivity index (χ3n) is 2.64. The number of hydrogen-bond acceptors (Lipinski definition) is 2. The molecule has 0 saturated heterocycles. The van der Waals surface area contributed by atoms with Crippen molar-refractivity contribution in [3.63, 3.8) is 0 Å². The molecule has 0 aromatic carbocycles. The minimum absolute atomic E-state index is 1.14. The van der Waals surface area contributed by atoms with E-state index in [1.165, 1.54) is 30.2 Å². The summed E-state index contributed by atoms with van der Waals surface area (Å²) in [4.78, 5) is 6.76. The molecule has 1 aliphatic rings. The van der Waals surface area contributed by atoms with Crippen LogP contribution >= 0.6 is 0 Å². The number of aryl methyl sites for hydroxylation is 2. The number of nitrogens with zero attached hydrogens (tertiary/aromatic N) is 3. The Labute approximate surface area is 93.1 Å². The van der Waals surface area contributed by atoms with E-state index in [1.54, 1.807) is 0 Å². The van der Waals surface area contributed by atoms with Gasteiger partial charge in [-0.3, -0.25) is 0 Å². The first kappa shape index (κ1) is 12.1. The summed E-state index contributed by atoms with van der Waals surface area (Å²) in [7, 11) is 4.18. The summed E-state index contributed by atoms with van der Waals surface area (Å²) < 4.78 is 2.36. The largest absolute Gasteiger partial charge is 0.363 e. The Kier molecular flexibility index (Phi) is 4.18. The lowest BCUT2D eigenvalue weighted by molar-refractivity contribution is 0.522. The van der Waals surface area contributed by atoms with Crippen molar-refractivity contribution in [2.24, 2.45) is 0 Å². The first-order valence-corrected chi connectivity index (χ1v) is 5.93. The molecule has 3 heteroatoms. The fraction of sp³-hybridized carbons (Fsp3) is 0.750. The summed E-state index contributed by atoms with van der Waals surface area (Å²) in [5.74, 6) is 2.56. The topological polar surface area (TPSA) is 21.1 Å². The van der Waals surface area contributed by atoms with E-state index in [0.717, 1.165) is 13.0 Å². The third-order valence-corrected chi connectivity index (χ3v) is 2.64. The second-order valence-corrected chi connectivity index (χ2v) is 3.94. The Morgan fingerprint density at radius 1 is 1.20 bits per heavy atom. The van der Waals surface area contributed by atoms with Crippen molar-refractivity contribution in [2.75, 3.05) is 19.0 Å². The fourth-order valence-electron chi connectivity index (χ4n) is 2.17. The van der Waals surface area contributed by atoms with E-state index < -0.39 is 0 Å². The van der Waals surface area contributed by atoms with Crippen molar-refractivity contribution in [2.45, 2.75) is 46.6 Å². The number of hydrogen-bond donors (Lipinski definition) is 0. The van der Waals surface area contributed by atoms with Crippen LogP contribution < -0.4 is 4.90 Å². The Morgan fingerprint density at radius 3 is 2.47 bits per heavy atom. The fourth-order valence-corrected chi connectivity index (χ4v) is 2.17. The molecule has 2 heterocycles. The molecule has 0 radical (unpaired) electrons. The van der Waals surface area contributed by atoms with E-state index >= 15 is 0 Å². The van der Waals surface area contributed by atoms with E-state index in [4.69, 9.17) is 0 Å². The van der Waals surface area contributed by atoms with Crippen LogP contribution in [0.4, 0.5) is 5.82 Å². The highest BCUT2D eigenvalue weighted by Gasteiger charge is 2.17. The molecule has 1 aromatic heterocycles. The smallest absolute Gasteiger partial charge is 0.131 e. The molecule has 86 valence electrons. The van der Waals surface area contributed by atoms with E-state index in [-0.39, 0.29) is 0 Å². The van der Waals surface area contributed by atoms with Crippen LogP contribution in [0.15, 0.2) is 0 Å². The molecule has 0 fully saturated rings. The van der Waals surface area contributed by atoms with Crippen LogP contribution in [0.3, 0.4) is 0 Å². The second-order valence-electron chi connectivity index (χ2n) is 3.94. The van der Waals surface area contributed by atoms with Crippen molar-refractivity contribution < 1.29 is 0 Å². The van der Waals surface area contributed by atoms with Gasteiger partial charge in [-0.15, -0.1) is 0 Å². The van der Waals surface area contributed by atoms with Gasteiger partial charge in [0, 0.05) is 27.1 Å². The third kappa shape index (κ3) is 2.33. The normalized spacial score (nSPS) is 13.9. The van der Waals surface area contributed by atoms with Crippen LogP contribution in [0.2, 0.25) is 0 Å². The predicted molar refractivity (Wildman–Crippen MR) is 65.6 cm³/mol. The maximum Gasteiger partial charge on any atom is 0.131 e. The average Bonchev–Trinajstić information content (AvgIpc) is 2.56. The van der Waals surface area contributed by atoms with Gasteiger partial charge in [0.25, 0.3) is 0 Å². The Balaban J connectivity index is 0.000000531. The summed E-state index contributed by atoms with van der Waals surface area (Å²) in [6, 6.07) is 0. The summed E-state index contributed by atoms with van der Waals surface area (Å²) in [6.45, 7) is 7.24. The van der Waals surface area contributed by atoms with Crippen LogP contribution in [-0.2, 0) is 13.0 Å². The highest BCUT2D eigenvalue weighted by Crippen LogP contribution is 2.24. The zero-order valence-corrected chi connectivity index (χ0v) is 10.7. The molecule has 0 N–H and O–H groups in total. The Morgan fingerprint density at radius 2 is 1.87 bits per heavy atom. The molecule has 2 rings (SSSR count). The summed E-state index contributed by atoms with van der Waals surface area (Å²) in [5.41, 5.74) is 1.17.